The number of benzene rings is 5. The van der Waals surface area contributed by atoms with Gasteiger partial charge in [-0.15, -0.1) is 0 Å². The van der Waals surface area contributed by atoms with Crippen LogP contribution in [0.25, 0.3) is 59.2 Å². The molecule has 2 aliphatic rings. The lowest BCUT2D eigenvalue weighted by molar-refractivity contribution is 0.447. The standard InChI is InChI=1S/C46H10F8N8/c1-60-22-10-8-21(9-11-22)31-27(15-56)23-13-26-24(12-25(23)33(31)29(17-58)35-39(49)43(53)46(62-3)44(54)40(35)50)28(16-57)32(20-6-4-19(14-55)5-7-20)34(26)45(61-2)36-41(51)37(47)30(18-59)38(48)42(36)52/h4-13H/b33-29-,45-34+. The molecule has 0 bridgehead atoms. The zero-order chi connectivity index (χ0) is 44.9. The molecule has 0 amide bonds. The van der Waals surface area contributed by atoms with E-state index >= 15 is 35.1 Å². The third-order valence-corrected chi connectivity index (χ3v) is 9.97. The summed E-state index contributed by atoms with van der Waals surface area (Å²) in [4.78, 5) is 9.03. The molecule has 16 heteroatoms. The molecule has 0 aromatic heterocycles. The highest BCUT2D eigenvalue weighted by molar-refractivity contribution is 6.34. The molecule has 2 aliphatic carbocycles. The summed E-state index contributed by atoms with van der Waals surface area (Å²) in [7, 11) is 0. The molecule has 0 unspecified atom stereocenters. The normalized spacial score (nSPS) is 13.9. The zero-order valence-electron chi connectivity index (χ0n) is 30.4. The highest BCUT2D eigenvalue weighted by Gasteiger charge is 2.40. The van der Waals surface area contributed by atoms with Crippen molar-refractivity contribution in [2.45, 2.75) is 0 Å². The maximum atomic E-state index is 15.8. The minimum atomic E-state index is -2.16. The average Bonchev–Trinajstić information content (AvgIpc) is 3.78. The third kappa shape index (κ3) is 5.74. The van der Waals surface area contributed by atoms with E-state index in [1.54, 1.807) is 0 Å². The molecular formula is C46H10F8N8. The van der Waals surface area contributed by atoms with Gasteiger partial charge < -0.3 is 0 Å². The summed E-state index contributed by atoms with van der Waals surface area (Å²) in [5, 5.41) is 50.7. The number of nitriles is 5. The summed E-state index contributed by atoms with van der Waals surface area (Å²) in [6, 6.07) is 20.5. The number of nitrogens with zero attached hydrogens (tertiary/aromatic N) is 8. The molecule has 0 aliphatic heterocycles. The Kier molecular flexibility index (Phi) is 10.0. The van der Waals surface area contributed by atoms with Gasteiger partial charge in [0.25, 0.3) is 5.69 Å². The van der Waals surface area contributed by atoms with Gasteiger partial charge in [0, 0.05) is 22.3 Å². The highest BCUT2D eigenvalue weighted by atomic mass is 19.2. The van der Waals surface area contributed by atoms with Gasteiger partial charge in [0.15, 0.2) is 52.2 Å². The molecule has 0 N–H and O–H groups in total. The molecular weight excluding hydrogens is 817 g/mol. The van der Waals surface area contributed by atoms with Crippen molar-refractivity contribution in [3.8, 4) is 30.3 Å². The lowest BCUT2D eigenvalue weighted by Crippen LogP contribution is -2.07. The second-order valence-corrected chi connectivity index (χ2v) is 12.9. The molecule has 0 atom stereocenters. The van der Waals surface area contributed by atoms with Crippen LogP contribution in [0.1, 0.15) is 55.6 Å². The maximum absolute atomic E-state index is 15.8. The predicted molar refractivity (Wildman–Crippen MR) is 205 cm³/mol. The van der Waals surface area contributed by atoms with E-state index < -0.39 is 102 Å². The Balaban J connectivity index is 1.71. The van der Waals surface area contributed by atoms with Gasteiger partial charge in [-0.1, -0.05) is 36.4 Å². The minimum absolute atomic E-state index is 0.00722. The molecule has 0 saturated carbocycles. The van der Waals surface area contributed by atoms with Crippen molar-refractivity contribution < 1.29 is 35.1 Å². The Labute approximate surface area is 344 Å². The summed E-state index contributed by atoms with van der Waals surface area (Å²) in [5.74, 6) is -17.3. The number of rotatable bonds is 4. The number of fused-ring (bicyclic) bond motifs is 2. The van der Waals surface area contributed by atoms with Gasteiger partial charge in [0.2, 0.25) is 5.70 Å². The molecule has 290 valence electrons. The minimum Gasteiger partial charge on any atom is -0.238 e. The summed E-state index contributed by atoms with van der Waals surface area (Å²) < 4.78 is 124. The Morgan fingerprint density at radius 2 is 0.952 bits per heavy atom. The lowest BCUT2D eigenvalue weighted by atomic mass is 9.87. The topological polar surface area (TPSA) is 132 Å². The summed E-state index contributed by atoms with van der Waals surface area (Å²) in [6.45, 7) is 22.5. The number of halogens is 8. The second kappa shape index (κ2) is 15.3. The molecule has 7 rings (SSSR count). The quantitative estimate of drug-likeness (QED) is 0.0770. The van der Waals surface area contributed by atoms with Gasteiger partial charge in [-0.3, -0.25) is 0 Å². The first-order valence-electron chi connectivity index (χ1n) is 17.0. The molecule has 0 radical (unpaired) electrons. The monoisotopic (exact) mass is 826 g/mol. The van der Waals surface area contributed by atoms with Crippen molar-refractivity contribution in [2.24, 2.45) is 0 Å². The highest BCUT2D eigenvalue weighted by Crippen LogP contribution is 2.57. The van der Waals surface area contributed by atoms with Crippen LogP contribution < -0.4 is 0 Å². The second-order valence-electron chi connectivity index (χ2n) is 12.9. The number of hydrogen-bond donors (Lipinski definition) is 0. The zero-order valence-corrected chi connectivity index (χ0v) is 30.4. The lowest BCUT2D eigenvalue weighted by Gasteiger charge is -2.16. The fourth-order valence-electron chi connectivity index (χ4n) is 7.29. The van der Waals surface area contributed by atoms with E-state index in [-0.39, 0.29) is 55.8 Å². The predicted octanol–water partition coefficient (Wildman–Crippen LogP) is 11.8. The van der Waals surface area contributed by atoms with Gasteiger partial charge >= 0.3 is 0 Å². The van der Waals surface area contributed by atoms with Crippen LogP contribution in [0.5, 0.6) is 0 Å². The molecule has 8 nitrogen and oxygen atoms in total. The van der Waals surface area contributed by atoms with Crippen LogP contribution in [0, 0.1) is 123 Å². The summed E-state index contributed by atoms with van der Waals surface area (Å²) >= 11 is 0. The van der Waals surface area contributed by atoms with Crippen LogP contribution in [0.15, 0.2) is 60.7 Å². The van der Waals surface area contributed by atoms with Crippen LogP contribution in [-0.4, -0.2) is 0 Å². The van der Waals surface area contributed by atoms with Crippen LogP contribution >= 0.6 is 0 Å². The Morgan fingerprint density at radius 1 is 0.484 bits per heavy atom. The van der Waals surface area contributed by atoms with Crippen molar-refractivity contribution >= 4 is 56.1 Å². The Bertz CT molecular complexity index is 3160. The van der Waals surface area contributed by atoms with E-state index in [9.17, 15) is 26.3 Å². The van der Waals surface area contributed by atoms with E-state index in [0.717, 1.165) is 18.2 Å². The van der Waals surface area contributed by atoms with Crippen molar-refractivity contribution in [3.05, 3.63) is 197 Å². The molecule has 0 saturated heterocycles. The fraction of sp³-hybridized carbons (Fsp3) is 0. The number of hydrogen-bond acceptors (Lipinski definition) is 5. The van der Waals surface area contributed by atoms with Crippen LogP contribution in [0.4, 0.5) is 46.5 Å². The number of allylic oxidation sites excluding steroid dienone is 7. The molecule has 0 spiro atoms. The first-order chi connectivity index (χ1) is 29.8. The van der Waals surface area contributed by atoms with Gasteiger partial charge in [-0.2, -0.15) is 26.3 Å². The van der Waals surface area contributed by atoms with E-state index in [1.165, 1.54) is 54.6 Å². The van der Waals surface area contributed by atoms with Crippen LogP contribution in [0.2, 0.25) is 0 Å². The van der Waals surface area contributed by atoms with Gasteiger partial charge in [-0.05, 0) is 57.7 Å². The molecule has 62 heavy (non-hydrogen) atoms. The van der Waals surface area contributed by atoms with Crippen molar-refractivity contribution in [2.75, 3.05) is 0 Å². The molecule has 0 fully saturated rings. The first-order valence-corrected chi connectivity index (χ1v) is 17.0. The van der Waals surface area contributed by atoms with E-state index in [4.69, 9.17) is 19.7 Å². The van der Waals surface area contributed by atoms with Crippen LogP contribution in [-0.2, 0) is 0 Å². The average molecular weight is 827 g/mol. The van der Waals surface area contributed by atoms with Crippen molar-refractivity contribution in [1.82, 2.24) is 0 Å². The summed E-state index contributed by atoms with van der Waals surface area (Å²) in [6.07, 6.45) is 0. The first kappa shape index (κ1) is 40.6. The molecule has 0 heterocycles. The van der Waals surface area contributed by atoms with Crippen molar-refractivity contribution in [3.63, 3.8) is 0 Å². The van der Waals surface area contributed by atoms with E-state index in [2.05, 4.69) is 14.5 Å². The molecule has 5 aromatic rings. The maximum Gasteiger partial charge on any atom is 0.262 e. The third-order valence-electron chi connectivity index (χ3n) is 9.97. The van der Waals surface area contributed by atoms with Gasteiger partial charge in [-0.25, -0.2) is 49.7 Å². The van der Waals surface area contributed by atoms with Gasteiger partial charge in [0.1, 0.15) is 29.8 Å². The SMILES string of the molecule is [C-]#[N+]/C(=C1/C(c2ccc(C#N)cc2)=C(C#N)c2cc3c(cc21)C(C#N)=C(c1ccc([N+]#[C-])cc1)/C3=C(/C#N)c1c(F)c(F)c([N+]#[C-])c(F)c1F)c1c(F)c(F)c(C#N)c(F)c1F. The van der Waals surface area contributed by atoms with Crippen molar-refractivity contribution in [1.29, 1.82) is 26.3 Å². The summed E-state index contributed by atoms with van der Waals surface area (Å²) in [5.41, 5.74) is -12.4. The Morgan fingerprint density at radius 3 is 1.37 bits per heavy atom. The Hall–Kier alpha value is -9.58. The smallest absolute Gasteiger partial charge is 0.238 e. The fourth-order valence-corrected chi connectivity index (χ4v) is 7.29. The van der Waals surface area contributed by atoms with E-state index in [1.807, 2.05) is 18.2 Å². The largest absolute Gasteiger partial charge is 0.262 e. The molecule has 5 aromatic carbocycles. The van der Waals surface area contributed by atoms with Crippen LogP contribution in [0.3, 0.4) is 0 Å². The van der Waals surface area contributed by atoms with Gasteiger partial charge in [0.05, 0.1) is 59.2 Å². The van der Waals surface area contributed by atoms with E-state index in [0.29, 0.717) is 0 Å².